The monoisotopic (exact) mass is 252 g/mol. The maximum atomic E-state index is 11.7. The van der Waals surface area contributed by atoms with E-state index < -0.39 is 0 Å². The Morgan fingerprint density at radius 2 is 2.44 bits per heavy atom. The van der Waals surface area contributed by atoms with Gasteiger partial charge in [-0.1, -0.05) is 5.11 Å². The third-order valence-electron chi connectivity index (χ3n) is 3.16. The Labute approximate surface area is 106 Å². The van der Waals surface area contributed by atoms with Gasteiger partial charge in [-0.3, -0.25) is 10.2 Å². The lowest BCUT2D eigenvalue weighted by Crippen LogP contribution is -2.32. The summed E-state index contributed by atoms with van der Waals surface area (Å²) in [5.41, 5.74) is 8.50. The summed E-state index contributed by atoms with van der Waals surface area (Å²) in [6.45, 7) is 2.15. The average Bonchev–Trinajstić information content (AvgIpc) is 2.38. The van der Waals surface area contributed by atoms with Gasteiger partial charge in [-0.05, 0) is 37.5 Å². The predicted octanol–water partition coefficient (Wildman–Crippen LogP) is 1.79. The van der Waals surface area contributed by atoms with Crippen LogP contribution in [0.4, 0.5) is 0 Å². The van der Waals surface area contributed by atoms with Gasteiger partial charge in [-0.2, -0.15) is 0 Å². The minimum Gasteiger partial charge on any atom is -0.557 e. The Morgan fingerprint density at radius 1 is 1.67 bits per heavy atom. The number of nitrogens with one attached hydrogen (secondary N) is 1. The zero-order valence-corrected chi connectivity index (χ0v) is 10.4. The molecule has 0 aliphatic heterocycles. The topological polar surface area (TPSA) is 108 Å². The number of esters is 1. The number of carbonyl (C=O) groups excluding carboxylic acids is 1. The summed E-state index contributed by atoms with van der Waals surface area (Å²) >= 11 is 0. The zero-order valence-electron chi connectivity index (χ0n) is 10.4. The minimum atomic E-state index is -0.197. The van der Waals surface area contributed by atoms with Crippen molar-refractivity contribution in [3.8, 4) is 0 Å². The molecule has 0 amide bonds. The summed E-state index contributed by atoms with van der Waals surface area (Å²) < 4.78 is 9.95. The number of hydrogen-bond acceptors (Lipinski definition) is 5. The van der Waals surface area contributed by atoms with Gasteiger partial charge in [0.25, 0.3) is 0 Å². The molecule has 18 heavy (non-hydrogen) atoms. The van der Waals surface area contributed by atoms with Crippen LogP contribution in [0.1, 0.15) is 26.2 Å². The van der Waals surface area contributed by atoms with Crippen LogP contribution in [-0.2, 0) is 14.2 Å². The number of nitrogens with zero attached hydrogens (tertiary/aromatic N) is 3. The van der Waals surface area contributed by atoms with Gasteiger partial charge in [0.1, 0.15) is 6.40 Å². The summed E-state index contributed by atoms with van der Waals surface area (Å²) in [5.74, 6) is -0.392. The first-order valence-corrected chi connectivity index (χ1v) is 6.04. The van der Waals surface area contributed by atoms with E-state index >= 15 is 0 Å². The highest BCUT2D eigenvalue weighted by Crippen LogP contribution is 2.35. The van der Waals surface area contributed by atoms with Crippen molar-refractivity contribution in [1.29, 1.82) is 5.41 Å². The molecule has 1 aliphatic carbocycles. The number of ether oxygens (including phenoxy) is 1. The van der Waals surface area contributed by atoms with Crippen LogP contribution in [0.3, 0.4) is 0 Å². The quantitative estimate of drug-likeness (QED) is 0.148. The lowest BCUT2D eigenvalue weighted by atomic mass is 9.64. The molecule has 0 heterocycles. The van der Waals surface area contributed by atoms with Crippen molar-refractivity contribution in [2.24, 2.45) is 11.0 Å². The maximum absolute atomic E-state index is 11.7. The van der Waals surface area contributed by atoms with E-state index in [1.807, 2.05) is 0 Å². The van der Waals surface area contributed by atoms with E-state index in [0.717, 1.165) is 6.40 Å². The molecule has 0 spiro atoms. The van der Waals surface area contributed by atoms with E-state index in [1.54, 1.807) is 6.92 Å². The van der Waals surface area contributed by atoms with Gasteiger partial charge >= 0.3 is 13.5 Å². The van der Waals surface area contributed by atoms with Crippen LogP contribution >= 0.6 is 0 Å². The normalized spacial score (nSPS) is 26.6. The van der Waals surface area contributed by atoms with Gasteiger partial charge in [0, 0.05) is 11.0 Å². The van der Waals surface area contributed by atoms with Crippen LogP contribution in [0.5, 0.6) is 0 Å². The zero-order chi connectivity index (χ0) is 13.4. The summed E-state index contributed by atoms with van der Waals surface area (Å²) in [4.78, 5) is 14.5. The summed E-state index contributed by atoms with van der Waals surface area (Å²) in [7, 11) is 0.295. The van der Waals surface area contributed by atoms with Gasteiger partial charge in [-0.15, -0.1) is 0 Å². The van der Waals surface area contributed by atoms with Gasteiger partial charge in [0.05, 0.1) is 12.5 Å². The highest BCUT2D eigenvalue weighted by molar-refractivity contribution is 6.32. The average molecular weight is 252 g/mol. The largest absolute Gasteiger partial charge is 0.557 e. The minimum absolute atomic E-state index is 0.0364. The van der Waals surface area contributed by atoms with E-state index in [4.69, 9.17) is 20.3 Å². The van der Waals surface area contributed by atoms with Gasteiger partial charge < -0.3 is 9.39 Å². The van der Waals surface area contributed by atoms with Crippen LogP contribution < -0.4 is 0 Å². The molecule has 7 nitrogen and oxygen atoms in total. The smallest absolute Gasteiger partial charge is 0.344 e. The van der Waals surface area contributed by atoms with Crippen molar-refractivity contribution in [2.45, 2.75) is 38.0 Å². The van der Waals surface area contributed by atoms with Crippen LogP contribution in [0.15, 0.2) is 5.11 Å². The molecule has 0 bridgehead atoms. The summed E-state index contributed by atoms with van der Waals surface area (Å²) in [5, 5.41) is 10.6. The molecule has 1 rings (SSSR count). The standard InChI is InChI=1S/C10H17BN4O3/c1-2-17-10(16)7-3-4-9(14-15-13)8(5-7)11-18-6-12/h6-9,11-12H,2-5H2,1H3/t7-,8+,9-/m0/s1. The van der Waals surface area contributed by atoms with Crippen LogP contribution in [-0.4, -0.2) is 32.5 Å². The van der Waals surface area contributed by atoms with Crippen molar-refractivity contribution in [3.05, 3.63) is 10.4 Å². The molecule has 0 aromatic heterocycles. The van der Waals surface area contributed by atoms with E-state index in [0.29, 0.717) is 33.4 Å². The second-order valence-electron chi connectivity index (χ2n) is 4.25. The van der Waals surface area contributed by atoms with Crippen molar-refractivity contribution < 1.29 is 14.2 Å². The van der Waals surface area contributed by atoms with Gasteiger partial charge in [0.15, 0.2) is 0 Å². The van der Waals surface area contributed by atoms with Crippen molar-refractivity contribution in [3.63, 3.8) is 0 Å². The Bertz CT molecular complexity index is 346. The molecule has 1 N–H and O–H groups in total. The predicted molar refractivity (Wildman–Crippen MR) is 67.7 cm³/mol. The first-order chi connectivity index (χ1) is 8.72. The number of hydrogen-bond donors (Lipinski definition) is 1. The molecular weight excluding hydrogens is 235 g/mol. The fourth-order valence-electron chi connectivity index (χ4n) is 2.29. The Hall–Kier alpha value is -1.69. The first-order valence-electron chi connectivity index (χ1n) is 6.04. The molecule has 3 atom stereocenters. The molecule has 1 fully saturated rings. The van der Waals surface area contributed by atoms with E-state index in [2.05, 4.69) is 10.0 Å². The first kappa shape index (κ1) is 14.4. The highest BCUT2D eigenvalue weighted by Gasteiger charge is 2.35. The molecule has 0 radical (unpaired) electrons. The van der Waals surface area contributed by atoms with E-state index in [1.165, 1.54) is 0 Å². The van der Waals surface area contributed by atoms with Gasteiger partial charge in [-0.25, -0.2) is 0 Å². The SMILES string of the molecule is CCOC(=O)[C@H]1CC[C@H](N=[N+]=[N-])[C@H](BOC=N)C1. The van der Waals surface area contributed by atoms with Crippen LogP contribution in [0.25, 0.3) is 10.4 Å². The third kappa shape index (κ3) is 3.96. The molecular formula is C10H17BN4O3. The Balaban J connectivity index is 2.62. The molecule has 0 aromatic rings. The highest BCUT2D eigenvalue weighted by atomic mass is 16.5. The maximum Gasteiger partial charge on any atom is 0.344 e. The lowest BCUT2D eigenvalue weighted by Gasteiger charge is -2.31. The fraction of sp³-hybridized carbons (Fsp3) is 0.800. The number of carbonyl (C=O) groups is 1. The van der Waals surface area contributed by atoms with E-state index in [-0.39, 0.29) is 23.7 Å². The number of azide groups is 1. The molecule has 98 valence electrons. The van der Waals surface area contributed by atoms with Crippen molar-refractivity contribution in [2.75, 3.05) is 6.61 Å². The Kier molecular flexibility index (Phi) is 6.07. The van der Waals surface area contributed by atoms with Gasteiger partial charge in [0.2, 0.25) is 0 Å². The molecule has 1 saturated carbocycles. The fourth-order valence-corrected chi connectivity index (χ4v) is 2.29. The molecule has 0 aromatic carbocycles. The second kappa shape index (κ2) is 7.60. The summed E-state index contributed by atoms with van der Waals surface area (Å²) in [6.07, 6.45) is 2.76. The second-order valence-corrected chi connectivity index (χ2v) is 4.25. The molecule has 0 saturated heterocycles. The molecule has 8 heteroatoms. The number of rotatable bonds is 6. The molecule has 0 unspecified atom stereocenters. The Morgan fingerprint density at radius 3 is 3.06 bits per heavy atom. The van der Waals surface area contributed by atoms with Crippen LogP contribution in [0.2, 0.25) is 5.82 Å². The lowest BCUT2D eigenvalue weighted by molar-refractivity contribution is -0.149. The summed E-state index contributed by atoms with van der Waals surface area (Å²) in [6, 6.07) is -0.166. The molecule has 1 aliphatic rings. The van der Waals surface area contributed by atoms with Crippen molar-refractivity contribution >= 4 is 19.9 Å². The van der Waals surface area contributed by atoms with Crippen molar-refractivity contribution in [1.82, 2.24) is 0 Å². The van der Waals surface area contributed by atoms with Crippen LogP contribution in [0, 0.1) is 11.3 Å². The third-order valence-corrected chi connectivity index (χ3v) is 3.16. The van der Waals surface area contributed by atoms with E-state index in [9.17, 15) is 4.79 Å².